The highest BCUT2D eigenvalue weighted by Gasteiger charge is 2.19. The minimum absolute atomic E-state index is 0.163. The zero-order chi connectivity index (χ0) is 12.3. The maximum atomic E-state index is 10.6. The van der Waals surface area contributed by atoms with Gasteiger partial charge in [-0.1, -0.05) is 0 Å². The first-order valence-electron chi connectivity index (χ1n) is 5.53. The van der Waals surface area contributed by atoms with Gasteiger partial charge in [0.2, 0.25) is 0 Å². The van der Waals surface area contributed by atoms with Crippen LogP contribution in [-0.2, 0) is 11.3 Å². The van der Waals surface area contributed by atoms with Crippen LogP contribution in [0.4, 0.5) is 0 Å². The highest BCUT2D eigenvalue weighted by Crippen LogP contribution is 2.24. The van der Waals surface area contributed by atoms with E-state index in [1.807, 2.05) is 4.90 Å². The summed E-state index contributed by atoms with van der Waals surface area (Å²) in [6.45, 7) is 4.69. The van der Waals surface area contributed by atoms with Crippen LogP contribution < -0.4 is 0 Å². The average Bonchev–Trinajstić information content (AvgIpc) is 2.67. The molecule has 4 nitrogen and oxygen atoms in total. The third kappa shape index (κ3) is 3.77. The Labute approximate surface area is 113 Å². The smallest absolute Gasteiger partial charge is 0.317 e. The first kappa shape index (κ1) is 13.0. The lowest BCUT2D eigenvalue weighted by molar-refractivity contribution is -0.138. The van der Waals surface area contributed by atoms with Crippen LogP contribution in [0.15, 0.2) is 15.9 Å². The molecule has 0 radical (unpaired) electrons. The van der Waals surface area contributed by atoms with Gasteiger partial charge in [0.05, 0.1) is 6.54 Å². The molecule has 0 unspecified atom stereocenters. The lowest BCUT2D eigenvalue weighted by atomic mass is 10.3. The summed E-state index contributed by atoms with van der Waals surface area (Å²) in [6, 6.07) is 2.07. The number of piperazine rings is 1. The van der Waals surface area contributed by atoms with E-state index in [2.05, 4.69) is 32.3 Å². The molecule has 94 valence electrons. The minimum atomic E-state index is -0.737. The largest absolute Gasteiger partial charge is 0.480 e. The number of halogens is 1. The molecule has 2 rings (SSSR count). The number of rotatable bonds is 4. The summed E-state index contributed by atoms with van der Waals surface area (Å²) in [6.07, 6.45) is 0. The Morgan fingerprint density at radius 2 is 2.00 bits per heavy atom. The quantitative estimate of drug-likeness (QED) is 0.918. The predicted octanol–water partition coefficient (Wildman–Crippen LogP) is 1.71. The molecular formula is C11H15BrN2O2S. The van der Waals surface area contributed by atoms with Gasteiger partial charge in [0.25, 0.3) is 0 Å². The van der Waals surface area contributed by atoms with Crippen molar-refractivity contribution < 1.29 is 9.90 Å². The summed E-state index contributed by atoms with van der Waals surface area (Å²) in [5, 5.41) is 10.8. The fraction of sp³-hybridized carbons (Fsp3) is 0.545. The van der Waals surface area contributed by atoms with Crippen molar-refractivity contribution in [3.8, 4) is 0 Å². The van der Waals surface area contributed by atoms with Gasteiger partial charge < -0.3 is 5.11 Å². The third-order valence-corrected chi connectivity index (χ3v) is 4.79. The number of hydrogen-bond acceptors (Lipinski definition) is 4. The Bertz CT molecular complexity index is 389. The fourth-order valence-electron chi connectivity index (χ4n) is 1.94. The first-order valence-corrected chi connectivity index (χ1v) is 7.21. The molecule has 0 saturated carbocycles. The number of nitrogens with zero attached hydrogens (tertiary/aromatic N) is 2. The first-order chi connectivity index (χ1) is 8.15. The summed E-state index contributed by atoms with van der Waals surface area (Å²) in [5.41, 5.74) is 0. The molecule has 1 aliphatic heterocycles. The van der Waals surface area contributed by atoms with Crippen molar-refractivity contribution in [1.82, 2.24) is 9.80 Å². The van der Waals surface area contributed by atoms with E-state index in [0.717, 1.165) is 32.7 Å². The molecule has 2 heterocycles. The van der Waals surface area contributed by atoms with Gasteiger partial charge >= 0.3 is 5.97 Å². The number of aliphatic carboxylic acids is 1. The molecule has 17 heavy (non-hydrogen) atoms. The monoisotopic (exact) mass is 318 g/mol. The van der Waals surface area contributed by atoms with Gasteiger partial charge in [-0.15, -0.1) is 11.3 Å². The van der Waals surface area contributed by atoms with Crippen LogP contribution in [0.2, 0.25) is 0 Å². The Hall–Kier alpha value is -0.430. The molecule has 1 fully saturated rings. The van der Waals surface area contributed by atoms with E-state index in [-0.39, 0.29) is 6.54 Å². The standard InChI is InChI=1S/C11H15BrN2O2S/c12-9-1-6-17-10(9)7-13-2-4-14(5-3-13)8-11(15)16/h1,6H,2-5,7-8H2,(H,15,16). The molecule has 0 aromatic carbocycles. The normalized spacial score (nSPS) is 18.4. The number of hydrogen-bond donors (Lipinski definition) is 1. The molecule has 1 aliphatic rings. The average molecular weight is 319 g/mol. The highest BCUT2D eigenvalue weighted by molar-refractivity contribution is 9.10. The van der Waals surface area contributed by atoms with Gasteiger partial charge in [0, 0.05) is 42.1 Å². The van der Waals surface area contributed by atoms with Gasteiger partial charge in [0.15, 0.2) is 0 Å². The van der Waals surface area contributed by atoms with E-state index in [1.54, 1.807) is 11.3 Å². The second-order valence-electron chi connectivity index (χ2n) is 4.14. The van der Waals surface area contributed by atoms with Crippen LogP contribution in [0.25, 0.3) is 0 Å². The van der Waals surface area contributed by atoms with Crippen molar-refractivity contribution in [2.75, 3.05) is 32.7 Å². The lowest BCUT2D eigenvalue weighted by Crippen LogP contribution is -2.47. The lowest BCUT2D eigenvalue weighted by Gasteiger charge is -2.33. The molecule has 0 aliphatic carbocycles. The Morgan fingerprint density at radius 1 is 1.35 bits per heavy atom. The SMILES string of the molecule is O=C(O)CN1CCN(Cc2sccc2Br)CC1. The summed E-state index contributed by atoms with van der Waals surface area (Å²) >= 11 is 5.29. The number of carboxylic acids is 1. The number of carbonyl (C=O) groups is 1. The summed E-state index contributed by atoms with van der Waals surface area (Å²) in [7, 11) is 0. The van der Waals surface area contributed by atoms with Crippen molar-refractivity contribution in [2.45, 2.75) is 6.54 Å². The second kappa shape index (κ2) is 5.95. The van der Waals surface area contributed by atoms with E-state index in [4.69, 9.17) is 5.11 Å². The zero-order valence-corrected chi connectivity index (χ0v) is 11.8. The van der Waals surface area contributed by atoms with Crippen LogP contribution in [-0.4, -0.2) is 53.6 Å². The van der Waals surface area contributed by atoms with Gasteiger partial charge in [-0.3, -0.25) is 14.6 Å². The molecule has 1 N–H and O–H groups in total. The highest BCUT2D eigenvalue weighted by atomic mass is 79.9. The fourth-order valence-corrected chi connectivity index (χ4v) is 3.46. The van der Waals surface area contributed by atoms with Crippen LogP contribution in [0.3, 0.4) is 0 Å². The van der Waals surface area contributed by atoms with Gasteiger partial charge in [-0.25, -0.2) is 0 Å². The summed E-state index contributed by atoms with van der Waals surface area (Å²) in [5.74, 6) is -0.737. The Kier molecular flexibility index (Phi) is 4.55. The molecule has 1 saturated heterocycles. The molecule has 0 bridgehead atoms. The van der Waals surface area contributed by atoms with E-state index in [1.165, 1.54) is 9.35 Å². The van der Waals surface area contributed by atoms with Crippen LogP contribution in [0, 0.1) is 0 Å². The van der Waals surface area contributed by atoms with Gasteiger partial charge in [-0.2, -0.15) is 0 Å². The number of carboxylic acid groups (broad SMARTS) is 1. The Morgan fingerprint density at radius 3 is 2.53 bits per heavy atom. The Balaban J connectivity index is 1.79. The van der Waals surface area contributed by atoms with E-state index < -0.39 is 5.97 Å². The van der Waals surface area contributed by atoms with E-state index >= 15 is 0 Å². The number of thiophene rings is 1. The molecule has 6 heteroatoms. The topological polar surface area (TPSA) is 43.8 Å². The van der Waals surface area contributed by atoms with Crippen LogP contribution in [0.1, 0.15) is 4.88 Å². The molecule has 0 atom stereocenters. The van der Waals surface area contributed by atoms with Gasteiger partial charge in [-0.05, 0) is 27.4 Å². The predicted molar refractivity (Wildman–Crippen MR) is 71.4 cm³/mol. The molecular weight excluding hydrogens is 304 g/mol. The molecule has 1 aromatic rings. The maximum absolute atomic E-state index is 10.6. The van der Waals surface area contributed by atoms with Crippen LogP contribution >= 0.6 is 27.3 Å². The molecule has 1 aromatic heterocycles. The minimum Gasteiger partial charge on any atom is -0.480 e. The van der Waals surface area contributed by atoms with Crippen molar-refractivity contribution in [1.29, 1.82) is 0 Å². The summed E-state index contributed by atoms with van der Waals surface area (Å²) < 4.78 is 1.18. The third-order valence-electron chi connectivity index (χ3n) is 2.88. The molecule has 0 spiro atoms. The van der Waals surface area contributed by atoms with Crippen molar-refractivity contribution >= 4 is 33.2 Å². The van der Waals surface area contributed by atoms with Crippen LogP contribution in [0.5, 0.6) is 0 Å². The molecule has 0 amide bonds. The van der Waals surface area contributed by atoms with Gasteiger partial charge in [0.1, 0.15) is 0 Å². The van der Waals surface area contributed by atoms with Crippen molar-refractivity contribution in [3.05, 3.63) is 20.8 Å². The van der Waals surface area contributed by atoms with E-state index in [0.29, 0.717) is 0 Å². The maximum Gasteiger partial charge on any atom is 0.317 e. The summed E-state index contributed by atoms with van der Waals surface area (Å²) in [4.78, 5) is 16.3. The zero-order valence-electron chi connectivity index (χ0n) is 9.43. The van der Waals surface area contributed by atoms with Crippen molar-refractivity contribution in [3.63, 3.8) is 0 Å². The second-order valence-corrected chi connectivity index (χ2v) is 5.99. The van der Waals surface area contributed by atoms with E-state index in [9.17, 15) is 4.79 Å². The van der Waals surface area contributed by atoms with Crippen molar-refractivity contribution in [2.24, 2.45) is 0 Å².